The summed E-state index contributed by atoms with van der Waals surface area (Å²) in [6.07, 6.45) is 21.3. The third-order valence-electron chi connectivity index (χ3n) is 18.6. The van der Waals surface area contributed by atoms with Gasteiger partial charge in [0.15, 0.2) is 0 Å². The molecule has 0 amide bonds. The van der Waals surface area contributed by atoms with Crippen molar-refractivity contribution in [1.29, 1.82) is 0 Å². The summed E-state index contributed by atoms with van der Waals surface area (Å²) in [6, 6.07) is 53.1. The number of para-hydroxylation sites is 3. The first-order valence-electron chi connectivity index (χ1n) is 37.1. The second-order valence-electron chi connectivity index (χ2n) is 28.0. The van der Waals surface area contributed by atoms with Crippen LogP contribution >= 0.6 is 0 Å². The largest absolute Gasteiger partial charge is 0.507 e. The summed E-state index contributed by atoms with van der Waals surface area (Å²) in [6.45, 7) is 34.3. The quantitative estimate of drug-likeness (QED) is 0.0189. The zero-order valence-corrected chi connectivity index (χ0v) is 62.1. The highest BCUT2D eigenvalue weighted by atomic mass is 16.6. The van der Waals surface area contributed by atoms with Crippen molar-refractivity contribution in [2.24, 2.45) is 11.8 Å². The fraction of sp³-hybridized carbons (Fsp3) is 0.337. The smallest absolute Gasteiger partial charge is 0.338 e. The lowest BCUT2D eigenvalue weighted by Gasteiger charge is -2.26. The molecule has 0 radical (unpaired) electrons. The Kier molecular flexibility index (Phi) is 30.0. The number of epoxide rings is 4. The second-order valence-corrected chi connectivity index (χ2v) is 28.0. The minimum atomic E-state index is -0.257. The molecule has 562 valence electrons. The normalized spacial score (nSPS) is 16.7. The van der Waals surface area contributed by atoms with Crippen molar-refractivity contribution in [1.82, 2.24) is 0 Å². The van der Waals surface area contributed by atoms with Crippen LogP contribution in [0.4, 0.5) is 0 Å². The van der Waals surface area contributed by atoms with Gasteiger partial charge in [-0.3, -0.25) is 0 Å². The Morgan fingerprint density at radius 3 is 1.19 bits per heavy atom. The standard InChI is InChI=1S/C29H30O3.C22H26O3.C15H18O3.C14H16O3.C12H14O3/c1-4-9-21-12-7-14-24(27(21)30)17-20-16-23(11-6-3)29(32)26(18-20)19-25-15-8-13-22(10-5-2)28(25)31;1-22(2,17-5-9-19(10-6-17)23-13-16-3-4-16)18-7-11-20(12-8-18)24-14-21-15-25-21;1-2-6-16-15-11(7-13-9-17-13)4-3-5-12(15)8-14-10-18-14;1-2-9-16-13-7-5-12(6-8-13)14(15)17-10-11-3-4-11;1-2-7-13-10-3-5-11(6-4-10)14-8-12-9-15-12/h4-8,12-16,18,30-32H,1-3,9-11,17,19H2;5-12,16,21H,3-4,13-15H2,1-2H3;2-5,13-14H,1,6-10H2;2,5-8,11H,1,3-4,9-10H2;2-6,12H,1,7-9H2. The van der Waals surface area contributed by atoms with Gasteiger partial charge in [-0.15, -0.1) is 19.7 Å². The highest BCUT2D eigenvalue weighted by Gasteiger charge is 2.30. The zero-order chi connectivity index (χ0) is 75.3. The van der Waals surface area contributed by atoms with E-state index >= 15 is 0 Å². The van der Waals surface area contributed by atoms with Gasteiger partial charge in [0.2, 0.25) is 0 Å². The zero-order valence-electron chi connectivity index (χ0n) is 62.1. The third-order valence-corrected chi connectivity index (χ3v) is 18.6. The van der Waals surface area contributed by atoms with Crippen LogP contribution in [0.2, 0.25) is 0 Å². The number of hydrogen-bond acceptors (Lipinski definition) is 15. The van der Waals surface area contributed by atoms with Gasteiger partial charge >= 0.3 is 5.97 Å². The van der Waals surface area contributed by atoms with Crippen LogP contribution in [-0.4, -0.2) is 118 Å². The molecule has 4 unspecified atom stereocenters. The number of aromatic hydroxyl groups is 3. The van der Waals surface area contributed by atoms with Crippen molar-refractivity contribution in [3.8, 4) is 51.7 Å². The molecule has 14 rings (SSSR count). The average molecular weight is 1450 g/mol. The monoisotopic (exact) mass is 1450 g/mol. The van der Waals surface area contributed by atoms with Crippen molar-refractivity contribution in [2.75, 3.05) is 72.7 Å². The van der Waals surface area contributed by atoms with Gasteiger partial charge in [0.1, 0.15) is 97.0 Å². The van der Waals surface area contributed by atoms with Crippen LogP contribution in [0.15, 0.2) is 240 Å². The van der Waals surface area contributed by atoms with Gasteiger partial charge in [0.25, 0.3) is 0 Å². The Labute approximate surface area is 632 Å². The minimum Gasteiger partial charge on any atom is -0.507 e. The molecule has 107 heavy (non-hydrogen) atoms. The summed E-state index contributed by atoms with van der Waals surface area (Å²) in [4.78, 5) is 11.6. The van der Waals surface area contributed by atoms with E-state index in [0.717, 1.165) is 125 Å². The van der Waals surface area contributed by atoms with E-state index in [0.29, 0.717) is 102 Å². The first kappa shape index (κ1) is 79.3. The Hall–Kier alpha value is -10.3. The molecule has 0 aromatic heterocycles. The number of phenolic OH excluding ortho intramolecular Hbond substituents is 3. The Morgan fingerprint density at radius 1 is 0.402 bits per heavy atom. The Morgan fingerprint density at radius 2 is 0.757 bits per heavy atom. The molecule has 8 aromatic rings. The van der Waals surface area contributed by atoms with Crippen LogP contribution < -0.4 is 28.4 Å². The third kappa shape index (κ3) is 26.3. The highest BCUT2D eigenvalue weighted by molar-refractivity contribution is 5.89. The van der Waals surface area contributed by atoms with E-state index in [1.165, 1.54) is 47.9 Å². The lowest BCUT2D eigenvalue weighted by atomic mass is 9.78. The Balaban J connectivity index is 0.000000147. The molecule has 8 aromatic carbocycles. The van der Waals surface area contributed by atoms with E-state index in [1.54, 1.807) is 60.7 Å². The predicted molar refractivity (Wildman–Crippen MR) is 422 cm³/mol. The number of allylic oxidation sites excluding steroid dienone is 3. The number of hydrogen-bond donors (Lipinski definition) is 3. The number of rotatable bonds is 37. The van der Waals surface area contributed by atoms with Gasteiger partial charge in [-0.1, -0.05) is 161 Å². The summed E-state index contributed by atoms with van der Waals surface area (Å²) in [5.74, 6) is 7.11. The van der Waals surface area contributed by atoms with Crippen LogP contribution in [0.25, 0.3) is 0 Å². The van der Waals surface area contributed by atoms with Gasteiger partial charge in [0.05, 0.1) is 57.4 Å². The van der Waals surface area contributed by atoms with Crippen LogP contribution in [0, 0.1) is 11.8 Å². The van der Waals surface area contributed by atoms with Gasteiger partial charge in [-0.2, -0.15) is 0 Å². The molecule has 2 saturated carbocycles. The molecule has 4 saturated heterocycles. The summed E-state index contributed by atoms with van der Waals surface area (Å²) in [7, 11) is 0. The minimum absolute atomic E-state index is 0.0623. The van der Waals surface area contributed by atoms with E-state index in [-0.39, 0.29) is 34.7 Å². The van der Waals surface area contributed by atoms with Gasteiger partial charge in [-0.25, -0.2) is 4.79 Å². The van der Waals surface area contributed by atoms with Crippen LogP contribution in [0.1, 0.15) is 111 Å². The fourth-order valence-corrected chi connectivity index (χ4v) is 11.7. The van der Waals surface area contributed by atoms with Gasteiger partial charge in [0, 0.05) is 31.1 Å². The molecule has 4 heterocycles. The molecule has 0 spiro atoms. The summed E-state index contributed by atoms with van der Waals surface area (Å²) >= 11 is 0. The van der Waals surface area contributed by atoms with E-state index in [2.05, 4.69) is 108 Å². The van der Waals surface area contributed by atoms with Crippen molar-refractivity contribution >= 4 is 5.97 Å². The SMILES string of the molecule is C=CCOc1c(CC2CO2)cccc1CC1CO1.C=CCOc1ccc(C(=O)OCC2CC2)cc1.C=CCOc1ccc(OCC2CO2)cc1.C=CCc1cccc(Cc2cc(CC=C)c(O)c(Cc3cccc(CC=C)c3O)c2)c1O.CC(C)(c1ccc(OCC2CC2)cc1)c1ccc(OCC2CO2)cc1. The number of carbonyl (C=O) groups excluding carboxylic acids is 1. The topological polar surface area (TPSA) is 192 Å². The van der Waals surface area contributed by atoms with Crippen LogP contribution in [0.5, 0.6) is 51.7 Å². The molecule has 6 aliphatic rings. The molecule has 0 bridgehead atoms. The maximum atomic E-state index is 11.6. The molecule has 2 aliphatic carbocycles. The lowest BCUT2D eigenvalue weighted by molar-refractivity contribution is 0.0486. The summed E-state index contributed by atoms with van der Waals surface area (Å²) in [5, 5.41) is 32.3. The maximum absolute atomic E-state index is 11.6. The van der Waals surface area contributed by atoms with E-state index in [1.807, 2.05) is 84.9 Å². The number of benzene rings is 8. The maximum Gasteiger partial charge on any atom is 0.338 e. The first-order valence-corrected chi connectivity index (χ1v) is 37.1. The van der Waals surface area contributed by atoms with Gasteiger partial charge in [-0.05, 0) is 191 Å². The van der Waals surface area contributed by atoms with Crippen LogP contribution in [-0.2, 0) is 74.0 Å². The highest BCUT2D eigenvalue weighted by Crippen LogP contribution is 2.38. The van der Waals surface area contributed by atoms with E-state index in [4.69, 9.17) is 52.1 Å². The summed E-state index contributed by atoms with van der Waals surface area (Å²) < 4.78 is 59.6. The predicted octanol–water partition coefficient (Wildman–Crippen LogP) is 17.7. The molecule has 4 aliphatic heterocycles. The molecule has 6 fully saturated rings. The fourth-order valence-electron chi connectivity index (χ4n) is 11.7. The molecule has 3 N–H and O–H groups in total. The van der Waals surface area contributed by atoms with Crippen LogP contribution in [0.3, 0.4) is 0 Å². The molecular formula is C92H104O15. The van der Waals surface area contributed by atoms with E-state index in [9.17, 15) is 20.1 Å². The van der Waals surface area contributed by atoms with Gasteiger partial charge < -0.3 is 67.4 Å². The number of phenols is 3. The Bertz CT molecular complexity index is 4080. The molecule has 15 nitrogen and oxygen atoms in total. The lowest BCUT2D eigenvalue weighted by Crippen LogP contribution is -2.18. The molecule has 15 heteroatoms. The first-order chi connectivity index (χ1) is 52.1. The van der Waals surface area contributed by atoms with E-state index < -0.39 is 0 Å². The molecule has 4 atom stereocenters. The number of ether oxygens (including phenoxy) is 11. The molecular weight excluding hydrogens is 1340 g/mol. The average Bonchev–Trinajstić information content (AvgIpc) is 1.47. The van der Waals surface area contributed by atoms with Crippen molar-refractivity contribution in [3.63, 3.8) is 0 Å². The summed E-state index contributed by atoms with van der Waals surface area (Å²) in [5.41, 5.74) is 11.2. The number of esters is 1. The number of carbonyl (C=O) groups is 1. The van der Waals surface area contributed by atoms with Crippen molar-refractivity contribution < 1.29 is 72.2 Å². The van der Waals surface area contributed by atoms with Crippen molar-refractivity contribution in [3.05, 3.63) is 306 Å². The van der Waals surface area contributed by atoms with Crippen molar-refractivity contribution in [2.45, 2.75) is 114 Å². The second kappa shape index (κ2) is 40.4.